The Morgan fingerprint density at radius 3 is 2.78 bits per heavy atom. The number of hydrogen-bond donors (Lipinski definition) is 1. The Labute approximate surface area is 160 Å². The molecule has 4 rings (SSSR count). The van der Waals surface area contributed by atoms with Crippen LogP contribution in [0.1, 0.15) is 33.1 Å². The van der Waals surface area contributed by atoms with E-state index in [0.29, 0.717) is 19.0 Å². The van der Waals surface area contributed by atoms with Crippen molar-refractivity contribution in [3.8, 4) is 11.1 Å². The minimum absolute atomic E-state index is 0.164. The third kappa shape index (κ3) is 3.46. The number of nitrogens with zero attached hydrogens (tertiary/aromatic N) is 4. The van der Waals surface area contributed by atoms with Crippen molar-refractivity contribution in [1.82, 2.24) is 9.78 Å². The van der Waals surface area contributed by atoms with Gasteiger partial charge < -0.3 is 14.9 Å². The van der Waals surface area contributed by atoms with Crippen LogP contribution in [0.3, 0.4) is 0 Å². The molecule has 0 bridgehead atoms. The SMILES string of the molecule is CCN1c2ccc(-c3cnn(CCCO)c3)cc2N(C(=O)C2CC2)C[C@@H]1C. The van der Waals surface area contributed by atoms with Crippen LogP contribution in [-0.4, -0.2) is 46.5 Å². The fourth-order valence-corrected chi connectivity index (χ4v) is 3.97. The lowest BCUT2D eigenvalue weighted by Gasteiger charge is -2.42. The number of benzene rings is 1. The number of aryl methyl sites for hydroxylation is 1. The maximum Gasteiger partial charge on any atom is 0.230 e. The van der Waals surface area contributed by atoms with Crippen LogP contribution in [0.5, 0.6) is 0 Å². The summed E-state index contributed by atoms with van der Waals surface area (Å²) in [5.41, 5.74) is 4.27. The summed E-state index contributed by atoms with van der Waals surface area (Å²) < 4.78 is 1.86. The second kappa shape index (κ2) is 7.35. The molecule has 0 unspecified atom stereocenters. The van der Waals surface area contributed by atoms with E-state index in [1.807, 2.05) is 22.0 Å². The van der Waals surface area contributed by atoms with Gasteiger partial charge in [-0.2, -0.15) is 5.10 Å². The molecule has 6 nitrogen and oxygen atoms in total. The minimum Gasteiger partial charge on any atom is -0.396 e. The summed E-state index contributed by atoms with van der Waals surface area (Å²) in [6, 6.07) is 6.71. The van der Waals surface area contributed by atoms with E-state index in [2.05, 4.69) is 42.0 Å². The van der Waals surface area contributed by atoms with Gasteiger partial charge in [-0.3, -0.25) is 9.48 Å². The van der Waals surface area contributed by atoms with Crippen LogP contribution < -0.4 is 9.80 Å². The topological polar surface area (TPSA) is 61.6 Å². The van der Waals surface area contributed by atoms with Crippen molar-refractivity contribution in [2.45, 2.75) is 45.7 Å². The monoisotopic (exact) mass is 368 g/mol. The molecule has 1 aliphatic carbocycles. The van der Waals surface area contributed by atoms with Gasteiger partial charge in [-0.25, -0.2) is 0 Å². The van der Waals surface area contributed by atoms with Gasteiger partial charge in [0.2, 0.25) is 5.91 Å². The molecule has 27 heavy (non-hydrogen) atoms. The first-order chi connectivity index (χ1) is 13.1. The van der Waals surface area contributed by atoms with E-state index in [0.717, 1.165) is 48.4 Å². The number of aromatic nitrogens is 2. The second-order valence-corrected chi connectivity index (χ2v) is 7.63. The smallest absolute Gasteiger partial charge is 0.230 e. The fourth-order valence-electron chi connectivity index (χ4n) is 3.97. The number of carbonyl (C=O) groups is 1. The van der Waals surface area contributed by atoms with E-state index in [-0.39, 0.29) is 18.4 Å². The van der Waals surface area contributed by atoms with Crippen molar-refractivity contribution < 1.29 is 9.90 Å². The molecule has 1 aromatic heterocycles. The third-order valence-corrected chi connectivity index (χ3v) is 5.60. The number of rotatable bonds is 6. The molecule has 1 aromatic carbocycles. The van der Waals surface area contributed by atoms with Gasteiger partial charge in [-0.1, -0.05) is 6.07 Å². The van der Waals surface area contributed by atoms with Crippen LogP contribution >= 0.6 is 0 Å². The minimum atomic E-state index is 0.164. The highest BCUT2D eigenvalue weighted by Gasteiger charge is 2.38. The van der Waals surface area contributed by atoms with E-state index in [1.165, 1.54) is 0 Å². The molecule has 2 aromatic rings. The average Bonchev–Trinajstić information content (AvgIpc) is 3.43. The summed E-state index contributed by atoms with van der Waals surface area (Å²) in [4.78, 5) is 17.3. The van der Waals surface area contributed by atoms with Crippen molar-refractivity contribution in [3.63, 3.8) is 0 Å². The van der Waals surface area contributed by atoms with Gasteiger partial charge in [0, 0.05) is 50.0 Å². The Balaban J connectivity index is 1.69. The van der Waals surface area contributed by atoms with Crippen molar-refractivity contribution in [3.05, 3.63) is 30.6 Å². The van der Waals surface area contributed by atoms with Crippen LogP contribution in [0.4, 0.5) is 11.4 Å². The molecule has 6 heteroatoms. The highest BCUT2D eigenvalue weighted by atomic mass is 16.3. The average molecular weight is 368 g/mol. The fraction of sp³-hybridized carbons (Fsp3) is 0.524. The van der Waals surface area contributed by atoms with Gasteiger partial charge >= 0.3 is 0 Å². The zero-order chi connectivity index (χ0) is 19.0. The van der Waals surface area contributed by atoms with Gasteiger partial charge in [-0.05, 0) is 50.8 Å². The molecule has 1 N–H and O–H groups in total. The summed E-state index contributed by atoms with van der Waals surface area (Å²) in [7, 11) is 0. The number of anilines is 2. The van der Waals surface area contributed by atoms with Crippen molar-refractivity contribution in [2.24, 2.45) is 5.92 Å². The summed E-state index contributed by atoms with van der Waals surface area (Å²) in [5, 5.41) is 13.4. The Bertz CT molecular complexity index is 827. The number of aliphatic hydroxyl groups excluding tert-OH is 1. The van der Waals surface area contributed by atoms with E-state index in [4.69, 9.17) is 5.11 Å². The second-order valence-electron chi connectivity index (χ2n) is 7.63. The Morgan fingerprint density at radius 2 is 2.07 bits per heavy atom. The van der Waals surface area contributed by atoms with Gasteiger partial charge in [0.1, 0.15) is 0 Å². The summed E-state index contributed by atoms with van der Waals surface area (Å²) in [5.74, 6) is 0.484. The van der Waals surface area contributed by atoms with E-state index >= 15 is 0 Å². The summed E-state index contributed by atoms with van der Waals surface area (Å²) in [6.07, 6.45) is 6.60. The maximum absolute atomic E-state index is 12.9. The third-order valence-electron chi connectivity index (χ3n) is 5.60. The number of hydrogen-bond acceptors (Lipinski definition) is 4. The number of likely N-dealkylation sites (N-methyl/N-ethyl adjacent to an activating group) is 1. The first-order valence-corrected chi connectivity index (χ1v) is 9.98. The molecule has 0 saturated heterocycles. The molecule has 2 aliphatic rings. The van der Waals surface area contributed by atoms with Gasteiger partial charge in [0.15, 0.2) is 0 Å². The molecule has 1 fully saturated rings. The zero-order valence-corrected chi connectivity index (χ0v) is 16.1. The molecule has 1 saturated carbocycles. The number of carbonyl (C=O) groups excluding carboxylic acids is 1. The molecule has 0 radical (unpaired) electrons. The Kier molecular flexibility index (Phi) is 4.91. The molecule has 1 aliphatic heterocycles. The van der Waals surface area contributed by atoms with Crippen LogP contribution in [-0.2, 0) is 11.3 Å². The number of amides is 1. The summed E-state index contributed by atoms with van der Waals surface area (Å²) in [6.45, 7) is 6.90. The molecule has 144 valence electrons. The van der Waals surface area contributed by atoms with Gasteiger partial charge in [0.25, 0.3) is 0 Å². The highest BCUT2D eigenvalue weighted by molar-refractivity contribution is 6.01. The highest BCUT2D eigenvalue weighted by Crippen LogP contribution is 2.41. The van der Waals surface area contributed by atoms with Crippen molar-refractivity contribution >= 4 is 17.3 Å². The first-order valence-electron chi connectivity index (χ1n) is 9.98. The summed E-state index contributed by atoms with van der Waals surface area (Å²) >= 11 is 0. The zero-order valence-electron chi connectivity index (χ0n) is 16.1. The van der Waals surface area contributed by atoms with E-state index in [1.54, 1.807) is 0 Å². The van der Waals surface area contributed by atoms with E-state index < -0.39 is 0 Å². The lowest BCUT2D eigenvalue weighted by atomic mass is 10.0. The van der Waals surface area contributed by atoms with Crippen LogP contribution in [0, 0.1) is 5.92 Å². The standard InChI is InChI=1S/C21H28N4O2/c1-3-24-15(2)13-25(21(27)16-5-6-16)20-11-17(7-8-19(20)24)18-12-22-23(14-18)9-4-10-26/h7-8,11-12,14-16,26H,3-6,9-10,13H2,1-2H3/t15-/m0/s1. The number of aliphatic hydroxyl groups is 1. The largest absolute Gasteiger partial charge is 0.396 e. The lowest BCUT2D eigenvalue weighted by Crippen LogP contribution is -2.50. The molecule has 0 spiro atoms. The Hall–Kier alpha value is -2.34. The first kappa shape index (κ1) is 18.0. The number of fused-ring (bicyclic) bond motifs is 1. The van der Waals surface area contributed by atoms with Crippen molar-refractivity contribution in [2.75, 3.05) is 29.5 Å². The predicted molar refractivity (Wildman–Crippen MR) is 107 cm³/mol. The molecule has 1 amide bonds. The van der Waals surface area contributed by atoms with E-state index in [9.17, 15) is 4.79 Å². The molecule has 1 atom stereocenters. The normalized spacial score (nSPS) is 19.3. The van der Waals surface area contributed by atoms with Crippen LogP contribution in [0.2, 0.25) is 0 Å². The Morgan fingerprint density at radius 1 is 1.26 bits per heavy atom. The molecular weight excluding hydrogens is 340 g/mol. The van der Waals surface area contributed by atoms with Gasteiger partial charge in [-0.15, -0.1) is 0 Å². The predicted octanol–water partition coefficient (Wildman–Crippen LogP) is 2.90. The maximum atomic E-state index is 12.9. The molecular formula is C21H28N4O2. The molecule has 2 heterocycles. The lowest BCUT2D eigenvalue weighted by molar-refractivity contribution is -0.119. The quantitative estimate of drug-likeness (QED) is 0.852. The van der Waals surface area contributed by atoms with Crippen LogP contribution in [0.25, 0.3) is 11.1 Å². The van der Waals surface area contributed by atoms with Crippen molar-refractivity contribution in [1.29, 1.82) is 0 Å². The van der Waals surface area contributed by atoms with Crippen LogP contribution in [0.15, 0.2) is 30.6 Å². The van der Waals surface area contributed by atoms with Gasteiger partial charge in [0.05, 0.1) is 17.6 Å².